The van der Waals surface area contributed by atoms with Crippen molar-refractivity contribution in [2.45, 2.75) is 45.4 Å². The third-order valence-electron chi connectivity index (χ3n) is 3.69. The van der Waals surface area contributed by atoms with Crippen molar-refractivity contribution in [1.29, 1.82) is 0 Å². The number of carbonyl (C=O) groups excluding carboxylic acids is 1. The molecule has 0 radical (unpaired) electrons. The van der Waals surface area contributed by atoms with Crippen molar-refractivity contribution >= 4 is 11.6 Å². The highest BCUT2D eigenvalue weighted by Gasteiger charge is 2.37. The van der Waals surface area contributed by atoms with E-state index in [0.717, 1.165) is 5.56 Å². The van der Waals surface area contributed by atoms with Crippen LogP contribution in [0.5, 0.6) is 0 Å². The minimum atomic E-state index is -0.992. The van der Waals surface area contributed by atoms with Crippen molar-refractivity contribution in [2.24, 2.45) is 0 Å². The molecule has 2 rings (SSSR count). The molecule has 0 aliphatic carbocycles. The van der Waals surface area contributed by atoms with Gasteiger partial charge in [-0.3, -0.25) is 15.1 Å². The fraction of sp³-hybridized carbons (Fsp3) is 0.500. The molecule has 104 valence electrons. The summed E-state index contributed by atoms with van der Waals surface area (Å²) in [5.41, 5.74) is 3.37. The van der Waals surface area contributed by atoms with E-state index in [-0.39, 0.29) is 5.91 Å². The van der Waals surface area contributed by atoms with Gasteiger partial charge < -0.3 is 10.4 Å². The van der Waals surface area contributed by atoms with Crippen LogP contribution in [0.25, 0.3) is 0 Å². The standard InChI is InChI=1S/C14H20N2O3/c1-13(2,18)14(3,4)19-16-10-6-5-9-8-15-12(17)11(9)7-10/h5-7,16,18H,8H2,1-4H3,(H,15,17). The molecule has 0 saturated heterocycles. The molecule has 1 aromatic rings. The van der Waals surface area contributed by atoms with Crippen LogP contribution in [0.2, 0.25) is 0 Å². The lowest BCUT2D eigenvalue weighted by Gasteiger charge is -2.36. The van der Waals surface area contributed by atoms with Gasteiger partial charge in [-0.05, 0) is 45.4 Å². The van der Waals surface area contributed by atoms with Gasteiger partial charge in [0.25, 0.3) is 5.91 Å². The van der Waals surface area contributed by atoms with Crippen molar-refractivity contribution in [3.63, 3.8) is 0 Å². The zero-order valence-electron chi connectivity index (χ0n) is 11.7. The predicted molar refractivity (Wildman–Crippen MR) is 72.7 cm³/mol. The molecule has 1 aliphatic heterocycles. The topological polar surface area (TPSA) is 70.6 Å². The number of amides is 1. The van der Waals surface area contributed by atoms with Crippen LogP contribution in [-0.4, -0.2) is 22.2 Å². The summed E-state index contributed by atoms with van der Waals surface area (Å²) in [5.74, 6) is -0.0691. The third-order valence-corrected chi connectivity index (χ3v) is 3.69. The van der Waals surface area contributed by atoms with E-state index in [2.05, 4.69) is 10.8 Å². The zero-order chi connectivity index (χ0) is 14.3. The van der Waals surface area contributed by atoms with Gasteiger partial charge in [-0.1, -0.05) is 6.07 Å². The maximum Gasteiger partial charge on any atom is 0.251 e. The monoisotopic (exact) mass is 264 g/mol. The number of aliphatic hydroxyl groups is 1. The van der Waals surface area contributed by atoms with Gasteiger partial charge in [0.15, 0.2) is 0 Å². The lowest BCUT2D eigenvalue weighted by atomic mass is 9.90. The summed E-state index contributed by atoms with van der Waals surface area (Å²) in [6.07, 6.45) is 0. The van der Waals surface area contributed by atoms with Crippen LogP contribution < -0.4 is 10.8 Å². The van der Waals surface area contributed by atoms with Crippen LogP contribution in [-0.2, 0) is 11.4 Å². The molecule has 0 fully saturated rings. The summed E-state index contributed by atoms with van der Waals surface area (Å²) in [6, 6.07) is 5.48. The van der Waals surface area contributed by atoms with E-state index < -0.39 is 11.2 Å². The Morgan fingerprint density at radius 3 is 2.63 bits per heavy atom. The lowest BCUT2D eigenvalue weighted by molar-refractivity contribution is -0.130. The maximum atomic E-state index is 11.6. The van der Waals surface area contributed by atoms with Crippen molar-refractivity contribution in [3.05, 3.63) is 29.3 Å². The Hall–Kier alpha value is -1.59. The van der Waals surface area contributed by atoms with Crippen molar-refractivity contribution in [3.8, 4) is 0 Å². The zero-order valence-corrected chi connectivity index (χ0v) is 11.7. The van der Waals surface area contributed by atoms with E-state index in [9.17, 15) is 9.90 Å². The molecule has 0 atom stereocenters. The Bertz CT molecular complexity index is 504. The van der Waals surface area contributed by atoms with Crippen LogP contribution in [0.4, 0.5) is 5.69 Å². The van der Waals surface area contributed by atoms with E-state index in [1.54, 1.807) is 33.8 Å². The Kier molecular flexibility index (Phi) is 3.28. The van der Waals surface area contributed by atoms with Gasteiger partial charge in [-0.25, -0.2) is 0 Å². The fourth-order valence-electron chi connectivity index (χ4n) is 1.59. The molecule has 0 bridgehead atoms. The molecule has 3 N–H and O–H groups in total. The summed E-state index contributed by atoms with van der Waals surface area (Å²) in [4.78, 5) is 17.1. The summed E-state index contributed by atoms with van der Waals surface area (Å²) in [6.45, 7) is 7.53. The molecular weight excluding hydrogens is 244 g/mol. The molecule has 5 heteroatoms. The Balaban J connectivity index is 2.09. The highest BCUT2D eigenvalue weighted by Crippen LogP contribution is 2.26. The second kappa shape index (κ2) is 4.51. The first-order chi connectivity index (χ1) is 8.71. The molecule has 0 spiro atoms. The summed E-state index contributed by atoms with van der Waals surface area (Å²) >= 11 is 0. The highest BCUT2D eigenvalue weighted by atomic mass is 16.7. The summed E-state index contributed by atoms with van der Waals surface area (Å²) < 4.78 is 0. The number of rotatable bonds is 4. The molecule has 0 saturated carbocycles. The average molecular weight is 264 g/mol. The number of benzene rings is 1. The summed E-state index contributed by atoms with van der Waals surface area (Å²) in [7, 11) is 0. The molecule has 19 heavy (non-hydrogen) atoms. The molecule has 0 aromatic heterocycles. The van der Waals surface area contributed by atoms with Crippen LogP contribution in [0.15, 0.2) is 18.2 Å². The van der Waals surface area contributed by atoms with Gasteiger partial charge in [-0.15, -0.1) is 0 Å². The first kappa shape index (κ1) is 13.8. The predicted octanol–water partition coefficient (Wildman–Crippen LogP) is 1.82. The average Bonchev–Trinajstić information content (AvgIpc) is 2.67. The number of fused-ring (bicyclic) bond motifs is 1. The first-order valence-corrected chi connectivity index (χ1v) is 6.28. The second-order valence-corrected chi connectivity index (χ2v) is 5.83. The van der Waals surface area contributed by atoms with Gasteiger partial charge in [0.05, 0.1) is 11.3 Å². The van der Waals surface area contributed by atoms with E-state index in [4.69, 9.17) is 4.84 Å². The van der Waals surface area contributed by atoms with Gasteiger partial charge in [-0.2, -0.15) is 0 Å². The molecule has 1 aromatic carbocycles. The third kappa shape index (κ3) is 2.72. The van der Waals surface area contributed by atoms with Crippen molar-refractivity contribution in [2.75, 3.05) is 5.48 Å². The summed E-state index contributed by atoms with van der Waals surface area (Å²) in [5, 5.41) is 12.8. The molecular formula is C14H20N2O3. The Morgan fingerprint density at radius 2 is 2.00 bits per heavy atom. The van der Waals surface area contributed by atoms with Crippen LogP contribution >= 0.6 is 0 Å². The van der Waals surface area contributed by atoms with Gasteiger partial charge in [0.2, 0.25) is 0 Å². The van der Waals surface area contributed by atoms with Crippen LogP contribution in [0, 0.1) is 0 Å². The van der Waals surface area contributed by atoms with Gasteiger partial charge in [0.1, 0.15) is 5.60 Å². The minimum Gasteiger partial charge on any atom is -0.387 e. The SMILES string of the molecule is CC(C)(O)C(C)(C)ONc1ccc2c(c1)C(=O)NC2. The quantitative estimate of drug-likeness (QED) is 0.725. The number of nitrogens with one attached hydrogen (secondary N) is 2. The van der Waals surface area contributed by atoms with Crippen LogP contribution in [0.3, 0.4) is 0 Å². The largest absolute Gasteiger partial charge is 0.387 e. The van der Waals surface area contributed by atoms with E-state index in [1.165, 1.54) is 0 Å². The second-order valence-electron chi connectivity index (χ2n) is 5.83. The van der Waals surface area contributed by atoms with E-state index in [1.807, 2.05) is 12.1 Å². The molecule has 5 nitrogen and oxygen atoms in total. The Morgan fingerprint density at radius 1 is 1.32 bits per heavy atom. The number of carbonyl (C=O) groups is 1. The number of hydrogen-bond donors (Lipinski definition) is 3. The highest BCUT2D eigenvalue weighted by molar-refractivity contribution is 5.99. The fourth-order valence-corrected chi connectivity index (χ4v) is 1.59. The number of hydrogen-bond acceptors (Lipinski definition) is 4. The van der Waals surface area contributed by atoms with Gasteiger partial charge >= 0.3 is 0 Å². The molecule has 1 amide bonds. The van der Waals surface area contributed by atoms with Crippen LogP contribution in [0.1, 0.15) is 43.6 Å². The van der Waals surface area contributed by atoms with Crippen molar-refractivity contribution in [1.82, 2.24) is 5.32 Å². The minimum absolute atomic E-state index is 0.0691. The molecule has 1 heterocycles. The molecule has 0 unspecified atom stereocenters. The van der Waals surface area contributed by atoms with E-state index >= 15 is 0 Å². The van der Waals surface area contributed by atoms with Crippen molar-refractivity contribution < 1.29 is 14.7 Å². The normalized spacial score (nSPS) is 15.1. The Labute approximate surface area is 112 Å². The smallest absolute Gasteiger partial charge is 0.251 e. The lowest BCUT2D eigenvalue weighted by Crippen LogP contribution is -2.48. The first-order valence-electron chi connectivity index (χ1n) is 6.28. The number of anilines is 1. The van der Waals surface area contributed by atoms with E-state index in [0.29, 0.717) is 17.8 Å². The molecule has 1 aliphatic rings. The maximum absolute atomic E-state index is 11.6. The van der Waals surface area contributed by atoms with Gasteiger partial charge in [0, 0.05) is 12.1 Å².